The fraction of sp³-hybridized carbons (Fsp3) is 0.294. The van der Waals surface area contributed by atoms with E-state index in [0.29, 0.717) is 13.1 Å². The molecule has 0 fully saturated rings. The van der Waals surface area contributed by atoms with Gasteiger partial charge in [0.15, 0.2) is 11.5 Å². The molecule has 0 saturated heterocycles. The molecule has 0 atom stereocenters. The summed E-state index contributed by atoms with van der Waals surface area (Å²) >= 11 is 0. The van der Waals surface area contributed by atoms with Gasteiger partial charge in [0.2, 0.25) is 5.91 Å². The molecular formula is C17H20N6O. The summed E-state index contributed by atoms with van der Waals surface area (Å²) in [5.74, 6) is 0.703. The summed E-state index contributed by atoms with van der Waals surface area (Å²) < 4.78 is 1.99. The number of imidazole rings is 1. The maximum atomic E-state index is 10.9. The van der Waals surface area contributed by atoms with E-state index in [1.165, 1.54) is 6.92 Å². The highest BCUT2D eigenvalue weighted by atomic mass is 16.1. The molecule has 2 N–H and O–H groups in total. The number of anilines is 1. The Bertz CT molecular complexity index is 840. The SMILES string of the molecule is CCn1cnc2c(NCc3ccc(CNC(C)=O)cc3)ncnc21. The van der Waals surface area contributed by atoms with Crippen LogP contribution in [0.15, 0.2) is 36.9 Å². The molecule has 0 unspecified atom stereocenters. The predicted octanol–water partition coefficient (Wildman–Crippen LogP) is 2.09. The highest BCUT2D eigenvalue weighted by Crippen LogP contribution is 2.18. The molecule has 3 aromatic rings. The van der Waals surface area contributed by atoms with Gasteiger partial charge in [-0.1, -0.05) is 24.3 Å². The quantitative estimate of drug-likeness (QED) is 0.725. The average Bonchev–Trinajstić information content (AvgIpc) is 3.02. The van der Waals surface area contributed by atoms with E-state index in [2.05, 4.69) is 32.5 Å². The smallest absolute Gasteiger partial charge is 0.217 e. The number of hydrogen-bond acceptors (Lipinski definition) is 5. The number of aromatic nitrogens is 4. The molecule has 0 aliphatic heterocycles. The summed E-state index contributed by atoms with van der Waals surface area (Å²) in [6, 6.07) is 8.09. The number of nitrogens with one attached hydrogen (secondary N) is 2. The first-order chi connectivity index (χ1) is 11.7. The van der Waals surface area contributed by atoms with Crippen LogP contribution in [0.5, 0.6) is 0 Å². The number of rotatable bonds is 6. The molecule has 0 aliphatic rings. The summed E-state index contributed by atoms with van der Waals surface area (Å²) in [4.78, 5) is 23.9. The lowest BCUT2D eigenvalue weighted by molar-refractivity contribution is -0.119. The number of carbonyl (C=O) groups excluding carboxylic acids is 1. The van der Waals surface area contributed by atoms with Gasteiger partial charge in [0, 0.05) is 26.6 Å². The first-order valence-electron chi connectivity index (χ1n) is 7.89. The molecule has 1 amide bonds. The van der Waals surface area contributed by atoms with Crippen molar-refractivity contribution in [1.29, 1.82) is 0 Å². The molecule has 7 nitrogen and oxygen atoms in total. The first kappa shape index (κ1) is 15.9. The zero-order valence-electron chi connectivity index (χ0n) is 13.8. The van der Waals surface area contributed by atoms with Crippen molar-refractivity contribution in [2.45, 2.75) is 33.5 Å². The van der Waals surface area contributed by atoms with E-state index >= 15 is 0 Å². The number of benzene rings is 1. The van der Waals surface area contributed by atoms with Gasteiger partial charge in [-0.15, -0.1) is 0 Å². The molecular weight excluding hydrogens is 304 g/mol. The van der Waals surface area contributed by atoms with Crippen LogP contribution in [0.4, 0.5) is 5.82 Å². The Morgan fingerprint density at radius 3 is 2.46 bits per heavy atom. The van der Waals surface area contributed by atoms with E-state index < -0.39 is 0 Å². The fourth-order valence-corrected chi connectivity index (χ4v) is 2.43. The Kier molecular flexibility index (Phi) is 4.69. The third-order valence-corrected chi connectivity index (χ3v) is 3.77. The van der Waals surface area contributed by atoms with Gasteiger partial charge in [-0.05, 0) is 18.1 Å². The van der Waals surface area contributed by atoms with Gasteiger partial charge < -0.3 is 15.2 Å². The average molecular weight is 324 g/mol. The highest BCUT2D eigenvalue weighted by molar-refractivity contribution is 5.82. The molecule has 7 heteroatoms. The molecule has 2 aromatic heterocycles. The van der Waals surface area contributed by atoms with Crippen LogP contribution < -0.4 is 10.6 Å². The van der Waals surface area contributed by atoms with Crippen LogP contribution in [0.2, 0.25) is 0 Å². The number of aryl methyl sites for hydroxylation is 1. The topological polar surface area (TPSA) is 84.7 Å². The fourth-order valence-electron chi connectivity index (χ4n) is 2.43. The van der Waals surface area contributed by atoms with E-state index in [9.17, 15) is 4.79 Å². The maximum absolute atomic E-state index is 10.9. The Labute approximate surface area is 140 Å². The third kappa shape index (κ3) is 3.51. The number of carbonyl (C=O) groups is 1. The zero-order valence-corrected chi connectivity index (χ0v) is 13.8. The lowest BCUT2D eigenvalue weighted by Crippen LogP contribution is -2.18. The lowest BCUT2D eigenvalue weighted by Gasteiger charge is -2.08. The van der Waals surface area contributed by atoms with Crippen LogP contribution in [0, 0.1) is 0 Å². The van der Waals surface area contributed by atoms with Crippen molar-refractivity contribution in [3.8, 4) is 0 Å². The second-order valence-electron chi connectivity index (χ2n) is 5.50. The van der Waals surface area contributed by atoms with Crippen molar-refractivity contribution in [3.63, 3.8) is 0 Å². The Morgan fingerprint density at radius 1 is 1.08 bits per heavy atom. The number of nitrogens with zero attached hydrogens (tertiary/aromatic N) is 4. The minimum Gasteiger partial charge on any atom is -0.364 e. The van der Waals surface area contributed by atoms with E-state index in [0.717, 1.165) is 34.7 Å². The van der Waals surface area contributed by atoms with Gasteiger partial charge in [-0.2, -0.15) is 0 Å². The van der Waals surface area contributed by atoms with Crippen molar-refractivity contribution in [2.75, 3.05) is 5.32 Å². The number of amides is 1. The van der Waals surface area contributed by atoms with Crippen LogP contribution >= 0.6 is 0 Å². The Hall–Kier alpha value is -2.96. The minimum atomic E-state index is -0.0277. The summed E-state index contributed by atoms with van der Waals surface area (Å²) in [7, 11) is 0. The molecule has 124 valence electrons. The third-order valence-electron chi connectivity index (χ3n) is 3.77. The van der Waals surface area contributed by atoms with Gasteiger partial charge >= 0.3 is 0 Å². The van der Waals surface area contributed by atoms with Gasteiger partial charge in [-0.3, -0.25) is 4.79 Å². The van der Waals surface area contributed by atoms with Gasteiger partial charge in [0.1, 0.15) is 11.8 Å². The van der Waals surface area contributed by atoms with Crippen LogP contribution in [0.1, 0.15) is 25.0 Å². The molecule has 0 bridgehead atoms. The van der Waals surface area contributed by atoms with E-state index in [-0.39, 0.29) is 5.91 Å². The van der Waals surface area contributed by atoms with Crippen LogP contribution in [-0.2, 0) is 24.4 Å². The van der Waals surface area contributed by atoms with Crippen molar-refractivity contribution in [2.24, 2.45) is 0 Å². The maximum Gasteiger partial charge on any atom is 0.217 e. The Balaban J connectivity index is 1.67. The minimum absolute atomic E-state index is 0.0277. The van der Waals surface area contributed by atoms with Crippen molar-refractivity contribution in [1.82, 2.24) is 24.8 Å². The molecule has 24 heavy (non-hydrogen) atoms. The number of fused-ring (bicyclic) bond motifs is 1. The standard InChI is InChI=1S/C17H20N6O/c1-3-23-11-22-15-16(20-10-21-17(15)23)19-9-14-6-4-13(5-7-14)8-18-12(2)24/h4-7,10-11H,3,8-9H2,1-2H3,(H,18,24)(H,19,20,21). The van der Waals surface area contributed by atoms with Gasteiger partial charge in [0.05, 0.1) is 6.33 Å². The Morgan fingerprint density at radius 2 is 1.79 bits per heavy atom. The summed E-state index contributed by atoms with van der Waals surface area (Å²) in [5.41, 5.74) is 3.81. The molecule has 0 spiro atoms. The van der Waals surface area contributed by atoms with Crippen LogP contribution in [0.3, 0.4) is 0 Å². The summed E-state index contributed by atoms with van der Waals surface area (Å²) in [6.07, 6.45) is 3.33. The van der Waals surface area contributed by atoms with Gasteiger partial charge in [0.25, 0.3) is 0 Å². The largest absolute Gasteiger partial charge is 0.364 e. The van der Waals surface area contributed by atoms with Crippen molar-refractivity contribution < 1.29 is 4.79 Å². The summed E-state index contributed by atoms with van der Waals surface area (Å²) in [6.45, 7) is 5.58. The van der Waals surface area contributed by atoms with Crippen molar-refractivity contribution in [3.05, 3.63) is 48.0 Å². The van der Waals surface area contributed by atoms with E-state index in [4.69, 9.17) is 0 Å². The molecule has 3 rings (SSSR count). The molecule has 0 saturated carbocycles. The second-order valence-corrected chi connectivity index (χ2v) is 5.50. The zero-order chi connectivity index (χ0) is 16.9. The lowest BCUT2D eigenvalue weighted by atomic mass is 10.1. The van der Waals surface area contributed by atoms with E-state index in [1.807, 2.05) is 28.8 Å². The first-order valence-corrected chi connectivity index (χ1v) is 7.89. The van der Waals surface area contributed by atoms with Crippen LogP contribution in [0.25, 0.3) is 11.2 Å². The molecule has 2 heterocycles. The normalized spacial score (nSPS) is 10.8. The number of hydrogen-bond donors (Lipinski definition) is 2. The molecule has 0 aliphatic carbocycles. The monoisotopic (exact) mass is 324 g/mol. The predicted molar refractivity (Wildman–Crippen MR) is 92.3 cm³/mol. The van der Waals surface area contributed by atoms with Gasteiger partial charge in [-0.25, -0.2) is 15.0 Å². The van der Waals surface area contributed by atoms with Crippen LogP contribution in [-0.4, -0.2) is 25.4 Å². The van der Waals surface area contributed by atoms with E-state index in [1.54, 1.807) is 12.7 Å². The molecule has 0 radical (unpaired) electrons. The molecule has 1 aromatic carbocycles. The highest BCUT2D eigenvalue weighted by Gasteiger charge is 2.08. The second kappa shape index (κ2) is 7.08. The summed E-state index contributed by atoms with van der Waals surface area (Å²) in [5, 5.41) is 6.10. The van der Waals surface area contributed by atoms with Crippen molar-refractivity contribution >= 4 is 22.9 Å².